The maximum atomic E-state index is 13.3. The summed E-state index contributed by atoms with van der Waals surface area (Å²) in [4.78, 5) is 17.7. The number of hydrogen-bond acceptors (Lipinski definition) is 4. The van der Waals surface area contributed by atoms with Gasteiger partial charge < -0.3 is 14.6 Å². The van der Waals surface area contributed by atoms with Gasteiger partial charge in [0, 0.05) is 47.2 Å². The summed E-state index contributed by atoms with van der Waals surface area (Å²) in [6.07, 6.45) is 1.83. The molecule has 1 N–H and O–H groups in total. The zero-order valence-electron chi connectivity index (χ0n) is 20.6. The Kier molecular flexibility index (Phi) is 6.55. The lowest BCUT2D eigenvalue weighted by molar-refractivity contribution is 0.365. The van der Waals surface area contributed by atoms with E-state index in [4.69, 9.17) is 4.74 Å². The maximum Gasteiger partial charge on any atom is 0.258 e. The van der Waals surface area contributed by atoms with Gasteiger partial charge in [-0.25, -0.2) is 0 Å². The van der Waals surface area contributed by atoms with E-state index in [-0.39, 0.29) is 11.6 Å². The van der Waals surface area contributed by atoms with Gasteiger partial charge in [-0.1, -0.05) is 36.4 Å². The van der Waals surface area contributed by atoms with Crippen LogP contribution in [0.3, 0.4) is 0 Å². The molecule has 0 saturated heterocycles. The SMILES string of the molecule is CO/C(=C(/C)C(C)Nc1ccc(C)c(-c2cc3cnc(C)cc3n(C)c2=O)c1)c1ccccc1. The summed E-state index contributed by atoms with van der Waals surface area (Å²) in [5.41, 5.74) is 7.47. The smallest absolute Gasteiger partial charge is 0.258 e. The van der Waals surface area contributed by atoms with Crippen LogP contribution in [0.15, 0.2) is 77.2 Å². The van der Waals surface area contributed by atoms with Crippen molar-refractivity contribution in [1.82, 2.24) is 9.55 Å². The molecular weight excluding hydrogens is 422 g/mol. The Labute approximate surface area is 200 Å². The van der Waals surface area contributed by atoms with Gasteiger partial charge in [0.05, 0.1) is 12.6 Å². The van der Waals surface area contributed by atoms with Crippen LogP contribution in [-0.2, 0) is 11.8 Å². The number of fused-ring (bicyclic) bond motifs is 1. The summed E-state index contributed by atoms with van der Waals surface area (Å²) in [7, 11) is 3.52. The van der Waals surface area contributed by atoms with Crippen molar-refractivity contribution in [2.24, 2.45) is 7.05 Å². The highest BCUT2D eigenvalue weighted by molar-refractivity contribution is 5.85. The van der Waals surface area contributed by atoms with Crippen LogP contribution in [-0.4, -0.2) is 22.7 Å². The standard InChI is InChI=1S/C29H31N3O2/c1-18-12-13-24(31-21(4)20(3)28(34-6)22-10-8-7-9-11-22)16-25(18)26-15-23-17-30-19(2)14-27(23)32(5)29(26)33/h7-17,21,31H,1-6H3/b28-20-. The van der Waals surface area contributed by atoms with Crippen molar-refractivity contribution in [1.29, 1.82) is 0 Å². The van der Waals surface area contributed by atoms with E-state index in [1.165, 1.54) is 0 Å². The zero-order chi connectivity index (χ0) is 24.4. The zero-order valence-corrected chi connectivity index (χ0v) is 20.6. The molecule has 0 spiro atoms. The first-order chi connectivity index (χ1) is 16.3. The van der Waals surface area contributed by atoms with E-state index in [9.17, 15) is 4.79 Å². The molecule has 0 fully saturated rings. The second-order valence-corrected chi connectivity index (χ2v) is 8.78. The van der Waals surface area contributed by atoms with Crippen LogP contribution in [0.2, 0.25) is 0 Å². The van der Waals surface area contributed by atoms with Gasteiger partial charge in [-0.15, -0.1) is 0 Å². The molecule has 174 valence electrons. The van der Waals surface area contributed by atoms with E-state index in [0.717, 1.165) is 50.3 Å². The predicted molar refractivity (Wildman–Crippen MR) is 141 cm³/mol. The highest BCUT2D eigenvalue weighted by atomic mass is 16.5. The molecule has 4 aromatic rings. The Morgan fingerprint density at radius 1 is 1.03 bits per heavy atom. The fourth-order valence-corrected chi connectivity index (χ4v) is 4.31. The van der Waals surface area contributed by atoms with Crippen LogP contribution >= 0.6 is 0 Å². The number of pyridine rings is 2. The third kappa shape index (κ3) is 4.46. The molecule has 2 heterocycles. The third-order valence-corrected chi connectivity index (χ3v) is 6.40. The van der Waals surface area contributed by atoms with Gasteiger partial charge in [-0.05, 0) is 68.7 Å². The summed E-state index contributed by atoms with van der Waals surface area (Å²) < 4.78 is 7.44. The second-order valence-electron chi connectivity index (χ2n) is 8.78. The Morgan fingerprint density at radius 2 is 1.76 bits per heavy atom. The number of nitrogens with one attached hydrogen (secondary N) is 1. The summed E-state index contributed by atoms with van der Waals surface area (Å²) in [6, 6.07) is 20.2. The quantitative estimate of drug-likeness (QED) is 0.359. The Hall–Kier alpha value is -3.86. The Bertz CT molecular complexity index is 1440. The van der Waals surface area contributed by atoms with Crippen LogP contribution in [0.25, 0.3) is 27.8 Å². The fourth-order valence-electron chi connectivity index (χ4n) is 4.31. The first kappa shape index (κ1) is 23.3. The largest absolute Gasteiger partial charge is 0.496 e. The first-order valence-corrected chi connectivity index (χ1v) is 11.4. The minimum Gasteiger partial charge on any atom is -0.496 e. The first-order valence-electron chi connectivity index (χ1n) is 11.4. The number of aromatic nitrogens is 2. The van der Waals surface area contributed by atoms with Gasteiger partial charge in [-0.2, -0.15) is 0 Å². The van der Waals surface area contributed by atoms with E-state index in [2.05, 4.69) is 36.3 Å². The molecule has 34 heavy (non-hydrogen) atoms. The summed E-state index contributed by atoms with van der Waals surface area (Å²) in [5.74, 6) is 0.860. The number of anilines is 1. The summed E-state index contributed by atoms with van der Waals surface area (Å²) >= 11 is 0. The van der Waals surface area contributed by atoms with E-state index >= 15 is 0 Å². The van der Waals surface area contributed by atoms with Crippen LogP contribution in [0.1, 0.15) is 30.7 Å². The molecule has 0 aliphatic heterocycles. The monoisotopic (exact) mass is 453 g/mol. The molecule has 0 radical (unpaired) electrons. The summed E-state index contributed by atoms with van der Waals surface area (Å²) in [5, 5.41) is 4.53. The minimum atomic E-state index is -0.0202. The molecule has 0 amide bonds. The molecule has 5 heteroatoms. The van der Waals surface area contributed by atoms with Crippen LogP contribution in [0, 0.1) is 13.8 Å². The highest BCUT2D eigenvalue weighted by Gasteiger charge is 2.15. The maximum absolute atomic E-state index is 13.3. The molecule has 5 nitrogen and oxygen atoms in total. The molecule has 4 rings (SSSR count). The molecule has 0 saturated carbocycles. The number of ether oxygens (including phenoxy) is 1. The van der Waals surface area contributed by atoms with E-state index in [1.807, 2.05) is 75.6 Å². The molecule has 0 bridgehead atoms. The number of nitrogens with zero attached hydrogens (tertiary/aromatic N) is 2. The van der Waals surface area contributed by atoms with E-state index in [0.29, 0.717) is 5.56 Å². The molecule has 1 unspecified atom stereocenters. The number of hydrogen-bond donors (Lipinski definition) is 1. The van der Waals surface area contributed by atoms with Gasteiger partial charge >= 0.3 is 0 Å². The highest BCUT2D eigenvalue weighted by Crippen LogP contribution is 2.29. The van der Waals surface area contributed by atoms with Crippen LogP contribution in [0.4, 0.5) is 5.69 Å². The van der Waals surface area contributed by atoms with Crippen molar-refractivity contribution in [3.8, 4) is 11.1 Å². The molecule has 2 aromatic heterocycles. The Balaban J connectivity index is 1.72. The van der Waals surface area contributed by atoms with Crippen molar-refractivity contribution in [3.05, 3.63) is 99.6 Å². The van der Waals surface area contributed by atoms with Gasteiger partial charge in [-0.3, -0.25) is 9.78 Å². The van der Waals surface area contributed by atoms with E-state index < -0.39 is 0 Å². The van der Waals surface area contributed by atoms with Crippen LogP contribution in [0.5, 0.6) is 0 Å². The van der Waals surface area contributed by atoms with Crippen LogP contribution < -0.4 is 10.9 Å². The van der Waals surface area contributed by atoms with Gasteiger partial charge in [0.1, 0.15) is 5.76 Å². The molecule has 2 aromatic carbocycles. The van der Waals surface area contributed by atoms with Gasteiger partial charge in [0.25, 0.3) is 5.56 Å². The summed E-state index contributed by atoms with van der Waals surface area (Å²) in [6.45, 7) is 8.15. The van der Waals surface area contributed by atoms with Gasteiger partial charge in [0.2, 0.25) is 0 Å². The van der Waals surface area contributed by atoms with Crippen molar-refractivity contribution in [2.45, 2.75) is 33.7 Å². The number of methoxy groups -OCH3 is 1. The molecule has 1 atom stereocenters. The van der Waals surface area contributed by atoms with Crippen molar-refractivity contribution in [3.63, 3.8) is 0 Å². The lowest BCUT2D eigenvalue weighted by Crippen LogP contribution is -2.20. The van der Waals surface area contributed by atoms with Crippen molar-refractivity contribution < 1.29 is 4.74 Å². The number of aryl methyl sites for hydroxylation is 3. The third-order valence-electron chi connectivity index (χ3n) is 6.40. The lowest BCUT2D eigenvalue weighted by Gasteiger charge is -2.21. The normalized spacial score (nSPS) is 12.9. The lowest BCUT2D eigenvalue weighted by atomic mass is 9.99. The second kappa shape index (κ2) is 9.56. The number of rotatable bonds is 6. The Morgan fingerprint density at radius 3 is 2.47 bits per heavy atom. The van der Waals surface area contributed by atoms with E-state index in [1.54, 1.807) is 11.7 Å². The average molecular weight is 454 g/mol. The molecular formula is C29H31N3O2. The average Bonchev–Trinajstić information content (AvgIpc) is 2.84. The van der Waals surface area contributed by atoms with Gasteiger partial charge in [0.15, 0.2) is 0 Å². The van der Waals surface area contributed by atoms with Crippen molar-refractivity contribution >= 4 is 22.3 Å². The number of benzene rings is 2. The molecule has 0 aliphatic rings. The van der Waals surface area contributed by atoms with Crippen molar-refractivity contribution in [2.75, 3.05) is 12.4 Å². The fraction of sp³-hybridized carbons (Fsp3) is 0.241. The topological polar surface area (TPSA) is 56.1 Å². The molecule has 0 aliphatic carbocycles. The minimum absolute atomic E-state index is 0.0202. The predicted octanol–water partition coefficient (Wildman–Crippen LogP) is 6.10.